The molecule has 1 aromatic rings. The van der Waals surface area contributed by atoms with E-state index in [0.29, 0.717) is 13.0 Å². The van der Waals surface area contributed by atoms with Crippen molar-refractivity contribution in [3.63, 3.8) is 0 Å². The van der Waals surface area contributed by atoms with Crippen molar-refractivity contribution in [3.8, 4) is 0 Å². The molecular formula is C20H26N2O5S. The van der Waals surface area contributed by atoms with Gasteiger partial charge in [0, 0.05) is 19.5 Å². The van der Waals surface area contributed by atoms with Gasteiger partial charge < -0.3 is 4.74 Å². The molecule has 0 saturated carbocycles. The Bertz CT molecular complexity index is 878. The highest BCUT2D eigenvalue weighted by Crippen LogP contribution is 2.34. The number of sulfonamides is 1. The van der Waals surface area contributed by atoms with Gasteiger partial charge in [-0.3, -0.25) is 4.79 Å². The van der Waals surface area contributed by atoms with Gasteiger partial charge in [0.2, 0.25) is 15.9 Å². The van der Waals surface area contributed by atoms with Crippen molar-refractivity contribution in [3.05, 3.63) is 42.0 Å². The maximum atomic E-state index is 13.0. The predicted octanol–water partition coefficient (Wildman–Crippen LogP) is 2.57. The monoisotopic (exact) mass is 406 g/mol. The van der Waals surface area contributed by atoms with Crippen molar-refractivity contribution in [2.75, 3.05) is 26.2 Å². The maximum absolute atomic E-state index is 13.0. The van der Waals surface area contributed by atoms with E-state index in [1.165, 1.54) is 4.31 Å². The standard InChI is InChI=1S/C20H26N2O5S/c1-14(2)18-13-21(28(25,26)17-6-4-15(3)5-7-17)9-8-16(18)12-19(23)22-10-11-27-20(22)24/h4-7,16,18H,1,8-13H2,2-3H3/t16-,18+/m1/s1. The fraction of sp³-hybridized carbons (Fsp3) is 0.500. The van der Waals surface area contributed by atoms with Crippen LogP contribution in [0.2, 0.25) is 0 Å². The Balaban J connectivity index is 1.73. The smallest absolute Gasteiger partial charge is 0.416 e. The molecule has 2 heterocycles. The van der Waals surface area contributed by atoms with Crippen molar-refractivity contribution >= 4 is 22.0 Å². The Hall–Kier alpha value is -2.19. The lowest BCUT2D eigenvalue weighted by Gasteiger charge is -2.38. The summed E-state index contributed by atoms with van der Waals surface area (Å²) in [6, 6.07) is 6.80. The zero-order valence-corrected chi connectivity index (χ0v) is 17.1. The van der Waals surface area contributed by atoms with Crippen LogP contribution in [0.3, 0.4) is 0 Å². The molecular weight excluding hydrogens is 380 g/mol. The molecule has 2 amide bonds. The van der Waals surface area contributed by atoms with Gasteiger partial charge in [0.25, 0.3) is 0 Å². The third-order valence-corrected chi connectivity index (χ3v) is 7.39. The lowest BCUT2D eigenvalue weighted by Crippen LogP contribution is -2.45. The van der Waals surface area contributed by atoms with Crippen LogP contribution in [-0.2, 0) is 19.6 Å². The molecule has 0 radical (unpaired) electrons. The molecule has 2 atom stereocenters. The van der Waals surface area contributed by atoms with E-state index in [2.05, 4.69) is 6.58 Å². The first-order chi connectivity index (χ1) is 13.2. The average molecular weight is 407 g/mol. The second-order valence-corrected chi connectivity index (χ2v) is 9.48. The number of nitrogens with zero attached hydrogens (tertiary/aromatic N) is 2. The third-order valence-electron chi connectivity index (χ3n) is 5.51. The first-order valence-corrected chi connectivity index (χ1v) is 10.8. The zero-order chi connectivity index (χ0) is 20.5. The largest absolute Gasteiger partial charge is 0.447 e. The van der Waals surface area contributed by atoms with Gasteiger partial charge in [-0.05, 0) is 44.2 Å². The van der Waals surface area contributed by atoms with E-state index < -0.39 is 16.1 Å². The number of amides is 2. The number of cyclic esters (lactones) is 1. The van der Waals surface area contributed by atoms with Gasteiger partial charge in [-0.1, -0.05) is 29.8 Å². The summed E-state index contributed by atoms with van der Waals surface area (Å²) in [7, 11) is -3.60. The summed E-state index contributed by atoms with van der Waals surface area (Å²) in [5, 5.41) is 0. The minimum atomic E-state index is -3.60. The second-order valence-electron chi connectivity index (χ2n) is 7.54. The third kappa shape index (κ3) is 4.12. The molecule has 2 saturated heterocycles. The summed E-state index contributed by atoms with van der Waals surface area (Å²) in [4.78, 5) is 25.5. The zero-order valence-electron chi connectivity index (χ0n) is 16.3. The summed E-state index contributed by atoms with van der Waals surface area (Å²) in [6.07, 6.45) is 0.124. The number of carbonyl (C=O) groups excluding carboxylic acids is 2. The Labute approximate surface area is 166 Å². The Morgan fingerprint density at radius 2 is 1.93 bits per heavy atom. The quantitative estimate of drug-likeness (QED) is 0.702. The SMILES string of the molecule is C=C(C)[C@@H]1CN(S(=O)(=O)c2ccc(C)cc2)CC[C@@H]1CC(=O)N1CCOC1=O. The molecule has 7 nitrogen and oxygen atoms in total. The molecule has 0 bridgehead atoms. The number of aryl methyl sites for hydroxylation is 1. The van der Waals surface area contributed by atoms with E-state index in [9.17, 15) is 18.0 Å². The van der Waals surface area contributed by atoms with Crippen LogP contribution in [0.25, 0.3) is 0 Å². The minimum absolute atomic E-state index is 0.0529. The van der Waals surface area contributed by atoms with Crippen molar-refractivity contribution in [2.45, 2.75) is 31.6 Å². The van der Waals surface area contributed by atoms with Gasteiger partial charge >= 0.3 is 6.09 Å². The molecule has 152 valence electrons. The number of hydrogen-bond acceptors (Lipinski definition) is 5. The number of ether oxygens (including phenoxy) is 1. The average Bonchev–Trinajstić information content (AvgIpc) is 3.08. The van der Waals surface area contributed by atoms with Crippen molar-refractivity contribution < 1.29 is 22.7 Å². The van der Waals surface area contributed by atoms with E-state index in [-0.39, 0.29) is 48.8 Å². The summed E-state index contributed by atoms with van der Waals surface area (Å²) in [6.45, 7) is 8.90. The van der Waals surface area contributed by atoms with E-state index >= 15 is 0 Å². The number of imide groups is 1. The van der Waals surface area contributed by atoms with Gasteiger partial charge in [-0.2, -0.15) is 4.31 Å². The summed E-state index contributed by atoms with van der Waals surface area (Å²) < 4.78 is 32.3. The summed E-state index contributed by atoms with van der Waals surface area (Å²) in [5.41, 5.74) is 1.84. The van der Waals surface area contributed by atoms with Crippen LogP contribution in [0.4, 0.5) is 4.79 Å². The second kappa shape index (κ2) is 8.05. The fourth-order valence-electron chi connectivity index (χ4n) is 3.81. The summed E-state index contributed by atoms with van der Waals surface area (Å²) >= 11 is 0. The molecule has 0 N–H and O–H groups in total. The van der Waals surface area contributed by atoms with Crippen LogP contribution >= 0.6 is 0 Å². The molecule has 1 aromatic carbocycles. The van der Waals surface area contributed by atoms with Crippen molar-refractivity contribution in [1.29, 1.82) is 0 Å². The van der Waals surface area contributed by atoms with Gasteiger partial charge in [0.1, 0.15) is 6.61 Å². The van der Waals surface area contributed by atoms with Gasteiger partial charge in [0.15, 0.2) is 0 Å². The van der Waals surface area contributed by atoms with E-state index in [0.717, 1.165) is 16.0 Å². The normalized spacial score (nSPS) is 23.5. The van der Waals surface area contributed by atoms with Crippen LogP contribution in [0.5, 0.6) is 0 Å². The van der Waals surface area contributed by atoms with Gasteiger partial charge in [-0.15, -0.1) is 0 Å². The first-order valence-electron chi connectivity index (χ1n) is 9.39. The maximum Gasteiger partial charge on any atom is 0.416 e. The van der Waals surface area contributed by atoms with E-state index in [1.807, 2.05) is 13.8 Å². The molecule has 2 aliphatic heterocycles. The van der Waals surface area contributed by atoms with Crippen molar-refractivity contribution in [2.24, 2.45) is 11.8 Å². The molecule has 0 spiro atoms. The Morgan fingerprint density at radius 3 is 2.50 bits per heavy atom. The van der Waals surface area contributed by atoms with Crippen LogP contribution in [-0.4, -0.2) is 55.9 Å². The summed E-state index contributed by atoms with van der Waals surface area (Å²) in [5.74, 6) is -0.465. The number of carbonyl (C=O) groups is 2. The Kier molecular flexibility index (Phi) is 5.90. The molecule has 0 unspecified atom stereocenters. The first kappa shape index (κ1) is 20.5. The Morgan fingerprint density at radius 1 is 1.25 bits per heavy atom. The number of rotatable bonds is 5. The van der Waals surface area contributed by atoms with E-state index in [1.54, 1.807) is 24.3 Å². The highest BCUT2D eigenvalue weighted by atomic mass is 32.2. The molecule has 28 heavy (non-hydrogen) atoms. The molecule has 0 aliphatic carbocycles. The molecule has 2 aliphatic rings. The molecule has 3 rings (SSSR count). The minimum Gasteiger partial charge on any atom is -0.447 e. The number of benzene rings is 1. The van der Waals surface area contributed by atoms with Crippen LogP contribution in [0.15, 0.2) is 41.3 Å². The lowest BCUT2D eigenvalue weighted by atomic mass is 9.80. The molecule has 8 heteroatoms. The van der Waals surface area contributed by atoms with Crippen molar-refractivity contribution in [1.82, 2.24) is 9.21 Å². The van der Waals surface area contributed by atoms with Gasteiger partial charge in [0.05, 0.1) is 11.4 Å². The topological polar surface area (TPSA) is 84.0 Å². The number of hydrogen-bond donors (Lipinski definition) is 0. The van der Waals surface area contributed by atoms with E-state index in [4.69, 9.17) is 4.74 Å². The fourth-order valence-corrected chi connectivity index (χ4v) is 5.29. The lowest BCUT2D eigenvalue weighted by molar-refractivity contribution is -0.129. The molecule has 2 fully saturated rings. The highest BCUT2D eigenvalue weighted by molar-refractivity contribution is 7.89. The molecule has 0 aromatic heterocycles. The number of piperidine rings is 1. The van der Waals surface area contributed by atoms with Crippen LogP contribution < -0.4 is 0 Å². The van der Waals surface area contributed by atoms with Crippen LogP contribution in [0, 0.1) is 18.8 Å². The van der Waals surface area contributed by atoms with Crippen LogP contribution in [0.1, 0.15) is 25.3 Å². The van der Waals surface area contributed by atoms with Gasteiger partial charge in [-0.25, -0.2) is 18.1 Å². The highest BCUT2D eigenvalue weighted by Gasteiger charge is 2.38. The predicted molar refractivity (Wildman–Crippen MR) is 104 cm³/mol.